The number of nitrogens with one attached hydrogen (secondary N) is 1. The van der Waals surface area contributed by atoms with Gasteiger partial charge in [0, 0.05) is 20.4 Å². The van der Waals surface area contributed by atoms with Crippen LogP contribution in [0.2, 0.25) is 0 Å². The molecule has 1 aliphatic rings. The Balaban J connectivity index is 0.000000640. The van der Waals surface area contributed by atoms with Gasteiger partial charge in [0.1, 0.15) is 0 Å². The fourth-order valence-electron chi connectivity index (χ4n) is 0.720. The van der Waals surface area contributed by atoms with Crippen LogP contribution in [0.3, 0.4) is 0 Å². The van der Waals surface area contributed by atoms with Crippen molar-refractivity contribution < 1.29 is 20.4 Å². The topological polar surface area (TPSA) is 12.0 Å². The van der Waals surface area contributed by atoms with Gasteiger partial charge in [0.15, 0.2) is 0 Å². The van der Waals surface area contributed by atoms with E-state index in [0.717, 1.165) is 12.0 Å². The smallest absolute Gasteiger partial charge is 0 e. The van der Waals surface area contributed by atoms with E-state index in [1.807, 2.05) is 11.8 Å². The van der Waals surface area contributed by atoms with Crippen LogP contribution in [0.4, 0.5) is 0 Å². The Kier molecular flexibility index (Phi) is 5.25. The van der Waals surface area contributed by atoms with Gasteiger partial charge < -0.3 is 17.1 Å². The van der Waals surface area contributed by atoms with Crippen molar-refractivity contribution in [2.75, 3.05) is 5.75 Å². The molecule has 1 N–H and O–H groups in total. The first-order valence-corrected chi connectivity index (χ1v) is 4.05. The molecule has 1 aliphatic heterocycles. The largest absolute Gasteiger partial charge is 0.457 e. The molecule has 0 aliphatic carbocycles. The summed E-state index contributed by atoms with van der Waals surface area (Å²) in [5.41, 5.74) is 0. The van der Waals surface area contributed by atoms with Crippen molar-refractivity contribution in [2.45, 2.75) is 19.9 Å². The van der Waals surface area contributed by atoms with Crippen molar-refractivity contribution in [1.29, 1.82) is 0 Å². The molecule has 1 rings (SSSR count). The minimum atomic E-state index is 0. The second kappa shape index (κ2) is 4.74. The van der Waals surface area contributed by atoms with Crippen LogP contribution < -0.4 is 5.32 Å². The molecule has 3 heteroatoms. The quantitative estimate of drug-likeness (QED) is 0.735. The van der Waals surface area contributed by atoms with Crippen LogP contribution in [0.25, 0.3) is 0 Å². The van der Waals surface area contributed by atoms with E-state index in [1.54, 1.807) is 0 Å². The maximum absolute atomic E-state index is 3.29. The molecule has 1 nitrogen and oxygen atoms in total. The van der Waals surface area contributed by atoms with Gasteiger partial charge in [-0.15, -0.1) is 0 Å². The Bertz CT molecular complexity index is 71.5. The van der Waals surface area contributed by atoms with Crippen LogP contribution in [0.1, 0.15) is 13.8 Å². The van der Waals surface area contributed by atoms with Gasteiger partial charge in [0.05, 0.1) is 0 Å². The summed E-state index contributed by atoms with van der Waals surface area (Å²) in [6.45, 7) is 4.49. The molecular weight excluding hydrogens is 304 g/mol. The van der Waals surface area contributed by atoms with Gasteiger partial charge >= 0.3 is 0 Å². The first-order valence-electron chi connectivity index (χ1n) is 3.00. The molecule has 9 heavy (non-hydrogen) atoms. The van der Waals surface area contributed by atoms with Crippen molar-refractivity contribution in [3.05, 3.63) is 5.88 Å². The molecule has 1 fully saturated rings. The molecule has 0 bridgehead atoms. The first-order chi connectivity index (χ1) is 3.80. The molecule has 55 valence electrons. The zero-order valence-electron chi connectivity index (χ0n) is 5.73. The molecule has 0 saturated carbocycles. The number of hydrogen-bond donors (Lipinski definition) is 1. The summed E-state index contributed by atoms with van der Waals surface area (Å²) in [5.74, 6) is 4.11. The second-order valence-electron chi connectivity index (χ2n) is 2.47. The fourth-order valence-corrected chi connectivity index (χ4v) is 1.78. The third kappa shape index (κ3) is 3.04. The van der Waals surface area contributed by atoms with Crippen molar-refractivity contribution in [2.24, 2.45) is 5.92 Å². The average Bonchev–Trinajstić information content (AvgIpc) is 2.12. The average molecular weight is 316 g/mol. The molecule has 0 aromatic rings. The summed E-state index contributed by atoms with van der Waals surface area (Å²) in [7, 11) is 0. The van der Waals surface area contributed by atoms with Gasteiger partial charge in [-0.1, -0.05) is 13.8 Å². The maximum Gasteiger partial charge on any atom is 0 e. The van der Waals surface area contributed by atoms with Crippen LogP contribution in [0.5, 0.6) is 0 Å². The molecule has 1 heterocycles. The SMILES string of the molecule is CC(C)C1CS[CH-]N1.[Re]. The Morgan fingerprint density at radius 1 is 1.67 bits per heavy atom. The Morgan fingerprint density at radius 2 is 2.33 bits per heavy atom. The van der Waals surface area contributed by atoms with E-state index in [1.165, 1.54) is 5.75 Å². The van der Waals surface area contributed by atoms with Gasteiger partial charge in [-0.2, -0.15) is 0 Å². The molecule has 1 saturated heterocycles. The summed E-state index contributed by atoms with van der Waals surface area (Å²) >= 11 is 1.87. The zero-order chi connectivity index (χ0) is 5.98. The fraction of sp³-hybridized carbons (Fsp3) is 0.833. The van der Waals surface area contributed by atoms with Crippen LogP contribution in [0.15, 0.2) is 0 Å². The summed E-state index contributed by atoms with van der Waals surface area (Å²) in [6.07, 6.45) is 0. The van der Waals surface area contributed by atoms with Gasteiger partial charge in [0.2, 0.25) is 0 Å². The molecule has 1 radical (unpaired) electrons. The van der Waals surface area contributed by atoms with E-state index in [0.29, 0.717) is 0 Å². The number of hydrogen-bond acceptors (Lipinski definition) is 2. The Morgan fingerprint density at radius 3 is 2.56 bits per heavy atom. The molecule has 0 aromatic heterocycles. The third-order valence-corrected chi connectivity index (χ3v) is 2.30. The molecule has 1 unspecified atom stereocenters. The summed E-state index contributed by atoms with van der Waals surface area (Å²) in [6, 6.07) is 0.722. The van der Waals surface area contributed by atoms with Crippen molar-refractivity contribution >= 4 is 11.8 Å². The van der Waals surface area contributed by atoms with E-state index in [-0.39, 0.29) is 20.4 Å². The van der Waals surface area contributed by atoms with E-state index in [4.69, 9.17) is 0 Å². The maximum atomic E-state index is 3.29. The predicted molar refractivity (Wildman–Crippen MR) is 38.5 cm³/mol. The molecule has 0 amide bonds. The Hall–Kier alpha value is 0.972. The van der Waals surface area contributed by atoms with E-state index >= 15 is 0 Å². The Labute approximate surface area is 75.0 Å². The van der Waals surface area contributed by atoms with E-state index in [2.05, 4.69) is 25.0 Å². The molecular formula is C6H12NReS-. The monoisotopic (exact) mass is 317 g/mol. The standard InChI is InChI=1S/C6H12NS.Re/c1-5(2)6-3-8-4-7-6;/h4-7H,3H2,1-2H3;/q-1;. The molecule has 0 aromatic carbocycles. The second-order valence-corrected chi connectivity index (χ2v) is 3.37. The van der Waals surface area contributed by atoms with Crippen LogP contribution >= 0.6 is 11.8 Å². The van der Waals surface area contributed by atoms with Crippen molar-refractivity contribution in [1.82, 2.24) is 5.32 Å². The third-order valence-electron chi connectivity index (χ3n) is 1.45. The zero-order valence-corrected chi connectivity index (χ0v) is 9.26. The summed E-state index contributed by atoms with van der Waals surface area (Å²) in [5, 5.41) is 3.29. The van der Waals surface area contributed by atoms with Crippen LogP contribution in [-0.4, -0.2) is 11.8 Å². The normalized spacial score (nSPS) is 26.3. The number of rotatable bonds is 1. The van der Waals surface area contributed by atoms with Gasteiger partial charge in [-0.05, 0) is 17.7 Å². The van der Waals surface area contributed by atoms with E-state index < -0.39 is 0 Å². The van der Waals surface area contributed by atoms with Crippen molar-refractivity contribution in [3.8, 4) is 0 Å². The van der Waals surface area contributed by atoms with Crippen molar-refractivity contribution in [3.63, 3.8) is 0 Å². The number of thioether (sulfide) groups is 1. The van der Waals surface area contributed by atoms with Gasteiger partial charge in [-0.3, -0.25) is 0 Å². The van der Waals surface area contributed by atoms with Gasteiger partial charge in [-0.25, -0.2) is 5.88 Å². The summed E-state index contributed by atoms with van der Waals surface area (Å²) < 4.78 is 0. The van der Waals surface area contributed by atoms with Crippen LogP contribution in [-0.2, 0) is 20.4 Å². The van der Waals surface area contributed by atoms with E-state index in [9.17, 15) is 0 Å². The summed E-state index contributed by atoms with van der Waals surface area (Å²) in [4.78, 5) is 0. The first kappa shape index (κ1) is 9.97. The van der Waals surface area contributed by atoms with Gasteiger partial charge in [0.25, 0.3) is 0 Å². The predicted octanol–water partition coefficient (Wildman–Crippen LogP) is 1.46. The molecule has 0 spiro atoms. The minimum absolute atomic E-state index is 0. The van der Waals surface area contributed by atoms with Crippen LogP contribution in [0, 0.1) is 11.8 Å². The minimum Gasteiger partial charge on any atom is -0.457 e. The molecule has 1 atom stereocenters.